The van der Waals surface area contributed by atoms with Gasteiger partial charge in [-0.25, -0.2) is 9.48 Å². The van der Waals surface area contributed by atoms with Crippen molar-refractivity contribution in [1.82, 2.24) is 19.7 Å². The van der Waals surface area contributed by atoms with Gasteiger partial charge >= 0.3 is 11.9 Å². The van der Waals surface area contributed by atoms with Crippen molar-refractivity contribution in [3.8, 4) is 0 Å². The van der Waals surface area contributed by atoms with E-state index in [1.807, 2.05) is 0 Å². The molecule has 1 amide bonds. The Morgan fingerprint density at radius 3 is 2.65 bits per heavy atom. The summed E-state index contributed by atoms with van der Waals surface area (Å²) >= 11 is 0. The van der Waals surface area contributed by atoms with E-state index in [4.69, 9.17) is 0 Å². The van der Waals surface area contributed by atoms with Crippen LogP contribution in [0.4, 0.5) is 13.2 Å². The van der Waals surface area contributed by atoms with Gasteiger partial charge in [-0.15, -0.1) is 0 Å². The van der Waals surface area contributed by atoms with E-state index in [2.05, 4.69) is 10.4 Å². The summed E-state index contributed by atoms with van der Waals surface area (Å²) in [4.78, 5) is 23.0. The van der Waals surface area contributed by atoms with Gasteiger partial charge in [0, 0.05) is 13.6 Å². The second-order valence-corrected chi connectivity index (χ2v) is 5.06. The molecule has 0 unspecified atom stereocenters. The molecule has 20 heavy (non-hydrogen) atoms. The van der Waals surface area contributed by atoms with Gasteiger partial charge in [-0.3, -0.25) is 9.36 Å². The number of aryl methyl sites for hydroxylation is 1. The van der Waals surface area contributed by atoms with Crippen LogP contribution >= 0.6 is 0 Å². The fourth-order valence-corrected chi connectivity index (χ4v) is 2.15. The number of nitrogens with zero attached hydrogens (tertiary/aromatic N) is 3. The zero-order chi connectivity index (χ0) is 14.9. The molecule has 0 radical (unpaired) electrons. The van der Waals surface area contributed by atoms with Crippen LogP contribution in [0.25, 0.3) is 0 Å². The topological polar surface area (TPSA) is 68.9 Å². The van der Waals surface area contributed by atoms with Crippen molar-refractivity contribution in [2.75, 3.05) is 6.54 Å². The van der Waals surface area contributed by atoms with E-state index in [1.165, 1.54) is 17.9 Å². The first kappa shape index (κ1) is 14.6. The molecule has 1 fully saturated rings. The maximum Gasteiger partial charge on any atom is 0.391 e. The highest BCUT2D eigenvalue weighted by Gasteiger charge is 2.47. The third kappa shape index (κ3) is 3.20. The minimum atomic E-state index is -4.14. The monoisotopic (exact) mass is 292 g/mol. The highest BCUT2D eigenvalue weighted by molar-refractivity contribution is 5.75. The molecular weight excluding hydrogens is 277 g/mol. The molecule has 1 heterocycles. The van der Waals surface area contributed by atoms with Crippen LogP contribution in [0.3, 0.4) is 0 Å². The molecule has 0 aliphatic heterocycles. The Morgan fingerprint density at radius 1 is 1.50 bits per heavy atom. The Kier molecular flexibility index (Phi) is 3.87. The molecule has 9 heteroatoms. The molecule has 2 rings (SSSR count). The van der Waals surface area contributed by atoms with Gasteiger partial charge in [0.15, 0.2) is 0 Å². The number of halogens is 3. The summed E-state index contributed by atoms with van der Waals surface area (Å²) in [7, 11) is 1.51. The fourth-order valence-electron chi connectivity index (χ4n) is 2.15. The van der Waals surface area contributed by atoms with Gasteiger partial charge in [0.25, 0.3) is 0 Å². The van der Waals surface area contributed by atoms with Crippen molar-refractivity contribution < 1.29 is 18.0 Å². The number of carbonyl (C=O) groups excluding carboxylic acids is 1. The normalized spacial score (nSPS) is 22.4. The summed E-state index contributed by atoms with van der Waals surface area (Å²) in [6, 6.07) is 0. The summed E-state index contributed by atoms with van der Waals surface area (Å²) in [5.41, 5.74) is -0.416. The summed E-state index contributed by atoms with van der Waals surface area (Å²) in [5, 5.41) is 6.24. The summed E-state index contributed by atoms with van der Waals surface area (Å²) < 4.78 is 39.0. The van der Waals surface area contributed by atoms with Gasteiger partial charge < -0.3 is 5.32 Å². The number of carbonyl (C=O) groups is 1. The molecule has 112 valence electrons. The predicted octanol–water partition coefficient (Wildman–Crippen LogP) is 0.286. The highest BCUT2D eigenvalue weighted by atomic mass is 19.4. The van der Waals surface area contributed by atoms with Gasteiger partial charge in [-0.2, -0.15) is 18.3 Å². The first-order valence-corrected chi connectivity index (χ1v) is 6.19. The van der Waals surface area contributed by atoms with Gasteiger partial charge in [0.1, 0.15) is 12.9 Å². The molecule has 0 saturated heterocycles. The zero-order valence-corrected chi connectivity index (χ0v) is 10.9. The van der Waals surface area contributed by atoms with Crippen molar-refractivity contribution in [3.05, 3.63) is 16.8 Å². The summed E-state index contributed by atoms with van der Waals surface area (Å²) in [5.74, 6) is -1.82. The fraction of sp³-hybridized carbons (Fsp3) is 0.727. The van der Waals surface area contributed by atoms with Crippen molar-refractivity contribution in [3.63, 3.8) is 0 Å². The van der Waals surface area contributed by atoms with Crippen molar-refractivity contribution in [2.24, 2.45) is 18.9 Å². The van der Waals surface area contributed by atoms with Gasteiger partial charge in [0.05, 0.1) is 5.92 Å². The predicted molar refractivity (Wildman–Crippen MR) is 62.7 cm³/mol. The SMILES string of the molecule is Cn1cnn(CC(=O)NCC2CC(C(F)(F)F)C2)c1=O. The number of alkyl halides is 3. The molecule has 1 aromatic rings. The minimum absolute atomic E-state index is 0.0489. The van der Waals surface area contributed by atoms with Crippen LogP contribution in [-0.2, 0) is 18.4 Å². The van der Waals surface area contributed by atoms with Crippen LogP contribution in [0, 0.1) is 11.8 Å². The molecule has 1 saturated carbocycles. The summed E-state index contributed by atoms with van der Waals surface area (Å²) in [6.45, 7) is -0.0257. The Hall–Kier alpha value is -1.80. The summed E-state index contributed by atoms with van der Waals surface area (Å²) in [6.07, 6.45) is -2.75. The first-order chi connectivity index (χ1) is 9.27. The average Bonchev–Trinajstić information content (AvgIpc) is 2.57. The maximum absolute atomic E-state index is 12.3. The van der Waals surface area contributed by atoms with Gasteiger partial charge in [-0.1, -0.05) is 0 Å². The second-order valence-electron chi connectivity index (χ2n) is 5.06. The van der Waals surface area contributed by atoms with Crippen LogP contribution in [0.1, 0.15) is 12.8 Å². The van der Waals surface area contributed by atoms with E-state index in [9.17, 15) is 22.8 Å². The number of amides is 1. The van der Waals surface area contributed by atoms with Crippen molar-refractivity contribution in [2.45, 2.75) is 25.6 Å². The van der Waals surface area contributed by atoms with Gasteiger partial charge in [-0.05, 0) is 18.8 Å². The Bertz CT molecular complexity index is 543. The number of hydrogen-bond donors (Lipinski definition) is 1. The van der Waals surface area contributed by atoms with E-state index in [-0.39, 0.29) is 31.8 Å². The molecule has 0 bridgehead atoms. The zero-order valence-electron chi connectivity index (χ0n) is 10.9. The number of nitrogens with one attached hydrogen (secondary N) is 1. The lowest BCUT2D eigenvalue weighted by atomic mass is 9.74. The average molecular weight is 292 g/mol. The quantitative estimate of drug-likeness (QED) is 0.867. The molecular formula is C11H15F3N4O2. The smallest absolute Gasteiger partial charge is 0.354 e. The molecule has 0 atom stereocenters. The Labute approximate surface area is 112 Å². The van der Waals surface area contributed by atoms with E-state index >= 15 is 0 Å². The highest BCUT2D eigenvalue weighted by Crippen LogP contribution is 2.44. The lowest BCUT2D eigenvalue weighted by molar-refractivity contribution is -0.204. The van der Waals surface area contributed by atoms with E-state index in [1.54, 1.807) is 0 Å². The molecule has 0 aromatic carbocycles. The van der Waals surface area contributed by atoms with Crippen LogP contribution in [0.2, 0.25) is 0 Å². The number of hydrogen-bond acceptors (Lipinski definition) is 3. The second kappa shape index (κ2) is 5.29. The van der Waals surface area contributed by atoms with Crippen LogP contribution < -0.4 is 11.0 Å². The first-order valence-electron chi connectivity index (χ1n) is 6.19. The number of aromatic nitrogens is 3. The third-order valence-corrected chi connectivity index (χ3v) is 3.47. The minimum Gasteiger partial charge on any atom is -0.354 e. The van der Waals surface area contributed by atoms with E-state index in [0.717, 1.165) is 4.68 Å². The van der Waals surface area contributed by atoms with Gasteiger partial charge in [0.2, 0.25) is 5.91 Å². The van der Waals surface area contributed by atoms with Crippen LogP contribution in [0.5, 0.6) is 0 Å². The lowest BCUT2D eigenvalue weighted by Crippen LogP contribution is -2.42. The number of rotatable bonds is 4. The molecule has 6 nitrogen and oxygen atoms in total. The standard InChI is InChI=1S/C11H15F3N4O2/c1-17-6-16-18(10(17)20)5-9(19)15-4-7-2-8(3-7)11(12,13)14/h6-8H,2-5H2,1H3,(H,15,19). The van der Waals surface area contributed by atoms with E-state index < -0.39 is 23.7 Å². The van der Waals surface area contributed by atoms with E-state index in [0.29, 0.717) is 0 Å². The van der Waals surface area contributed by atoms with Crippen LogP contribution in [0.15, 0.2) is 11.1 Å². The van der Waals surface area contributed by atoms with Crippen molar-refractivity contribution in [1.29, 1.82) is 0 Å². The Balaban J connectivity index is 1.72. The maximum atomic E-state index is 12.3. The third-order valence-electron chi connectivity index (χ3n) is 3.47. The largest absolute Gasteiger partial charge is 0.391 e. The lowest BCUT2D eigenvalue weighted by Gasteiger charge is -2.36. The van der Waals surface area contributed by atoms with Crippen molar-refractivity contribution >= 4 is 5.91 Å². The molecule has 0 spiro atoms. The molecule has 1 N–H and O–H groups in total. The molecule has 1 aliphatic carbocycles. The molecule has 1 aromatic heterocycles. The van der Waals surface area contributed by atoms with Crippen LogP contribution in [-0.4, -0.2) is 33.0 Å². The molecule has 1 aliphatic rings. The Morgan fingerprint density at radius 2 is 2.15 bits per heavy atom.